The van der Waals surface area contributed by atoms with Crippen LogP contribution in [-0.4, -0.2) is 27.3 Å². The molecule has 16 heavy (non-hydrogen) atoms. The average molecular weight is 221 g/mol. The van der Waals surface area contributed by atoms with E-state index in [1.807, 2.05) is 6.20 Å². The molecule has 1 aromatic heterocycles. The Morgan fingerprint density at radius 2 is 2.00 bits per heavy atom. The normalized spacial score (nSPS) is 22.5. The number of hydrogen-bond acceptors (Lipinski definition) is 2. The van der Waals surface area contributed by atoms with Gasteiger partial charge in [-0.05, 0) is 31.7 Å². The van der Waals surface area contributed by atoms with Gasteiger partial charge in [-0.1, -0.05) is 13.8 Å². The van der Waals surface area contributed by atoms with Gasteiger partial charge in [0.15, 0.2) is 0 Å². The average Bonchev–Trinajstić information content (AvgIpc) is 2.55. The molecule has 0 N–H and O–H groups in total. The second-order valence-electron chi connectivity index (χ2n) is 5.53. The first-order valence-electron chi connectivity index (χ1n) is 6.32. The van der Waals surface area contributed by atoms with Crippen LogP contribution in [0.15, 0.2) is 12.3 Å². The lowest BCUT2D eigenvalue weighted by Gasteiger charge is -2.29. The minimum Gasteiger partial charge on any atom is -0.295 e. The van der Waals surface area contributed by atoms with Crippen molar-refractivity contribution in [2.75, 3.05) is 6.54 Å². The highest BCUT2D eigenvalue weighted by Gasteiger charge is 2.25. The third kappa shape index (κ3) is 2.29. The van der Waals surface area contributed by atoms with Crippen LogP contribution in [0.2, 0.25) is 0 Å². The first-order valence-corrected chi connectivity index (χ1v) is 6.32. The van der Waals surface area contributed by atoms with Gasteiger partial charge >= 0.3 is 0 Å². The van der Waals surface area contributed by atoms with E-state index in [0.717, 1.165) is 19.0 Å². The summed E-state index contributed by atoms with van der Waals surface area (Å²) in [5.41, 5.74) is 1.36. The first-order chi connectivity index (χ1) is 7.58. The first kappa shape index (κ1) is 11.6. The summed E-state index contributed by atoms with van der Waals surface area (Å²) in [7, 11) is 0. The van der Waals surface area contributed by atoms with Crippen LogP contribution in [0, 0.1) is 11.8 Å². The molecule has 3 heteroatoms. The van der Waals surface area contributed by atoms with E-state index in [0.29, 0.717) is 12.0 Å². The van der Waals surface area contributed by atoms with Crippen molar-refractivity contribution in [3.05, 3.63) is 18.0 Å². The molecule has 1 atom stereocenters. The largest absolute Gasteiger partial charge is 0.295 e. The lowest BCUT2D eigenvalue weighted by Crippen LogP contribution is -2.35. The number of hydrogen-bond donors (Lipinski definition) is 0. The van der Waals surface area contributed by atoms with Crippen LogP contribution >= 0.6 is 0 Å². The topological polar surface area (TPSA) is 21.1 Å². The zero-order chi connectivity index (χ0) is 11.7. The maximum absolute atomic E-state index is 4.43. The quantitative estimate of drug-likeness (QED) is 0.764. The van der Waals surface area contributed by atoms with Gasteiger partial charge in [0.05, 0.1) is 5.69 Å². The Morgan fingerprint density at radius 1 is 1.25 bits per heavy atom. The Kier molecular flexibility index (Phi) is 3.33. The van der Waals surface area contributed by atoms with Crippen molar-refractivity contribution in [1.29, 1.82) is 0 Å². The monoisotopic (exact) mass is 221 g/mol. The molecular formula is C13H23N3. The van der Waals surface area contributed by atoms with Gasteiger partial charge in [-0.25, -0.2) is 0 Å². The number of rotatable bonds is 2. The van der Waals surface area contributed by atoms with Gasteiger partial charge in [-0.2, -0.15) is 5.10 Å². The van der Waals surface area contributed by atoms with Crippen LogP contribution in [-0.2, 0) is 13.1 Å². The molecule has 1 aromatic rings. The maximum Gasteiger partial charge on any atom is 0.0524 e. The van der Waals surface area contributed by atoms with Crippen molar-refractivity contribution < 1.29 is 0 Å². The second-order valence-corrected chi connectivity index (χ2v) is 5.53. The molecule has 2 heterocycles. The molecule has 0 saturated heterocycles. The van der Waals surface area contributed by atoms with Crippen molar-refractivity contribution in [2.24, 2.45) is 11.8 Å². The molecule has 0 aliphatic carbocycles. The summed E-state index contributed by atoms with van der Waals surface area (Å²) in [5.74, 6) is 1.43. The van der Waals surface area contributed by atoms with Crippen molar-refractivity contribution in [2.45, 2.75) is 46.8 Å². The second kappa shape index (κ2) is 4.58. The Hall–Kier alpha value is -0.830. The van der Waals surface area contributed by atoms with Crippen molar-refractivity contribution in [3.8, 4) is 0 Å². The molecule has 1 unspecified atom stereocenters. The summed E-state index contributed by atoms with van der Waals surface area (Å²) in [6.45, 7) is 12.5. The molecule has 0 aromatic carbocycles. The predicted octanol–water partition coefficient (Wildman–Crippen LogP) is 2.38. The predicted molar refractivity (Wildman–Crippen MR) is 66.1 cm³/mol. The maximum atomic E-state index is 4.43. The van der Waals surface area contributed by atoms with E-state index < -0.39 is 0 Å². The number of fused-ring (bicyclic) bond motifs is 1. The third-order valence-corrected chi connectivity index (χ3v) is 3.72. The van der Waals surface area contributed by atoms with Gasteiger partial charge in [0, 0.05) is 31.9 Å². The van der Waals surface area contributed by atoms with E-state index in [4.69, 9.17) is 0 Å². The highest BCUT2D eigenvalue weighted by Crippen LogP contribution is 2.22. The van der Waals surface area contributed by atoms with Gasteiger partial charge in [0.1, 0.15) is 0 Å². The summed E-state index contributed by atoms with van der Waals surface area (Å²) < 4.78 is 2.19. The zero-order valence-corrected chi connectivity index (χ0v) is 10.8. The number of nitrogens with zero attached hydrogens (tertiary/aromatic N) is 3. The fourth-order valence-electron chi connectivity index (χ4n) is 2.33. The summed E-state index contributed by atoms with van der Waals surface area (Å²) in [4.78, 5) is 2.56. The van der Waals surface area contributed by atoms with Crippen molar-refractivity contribution in [3.63, 3.8) is 0 Å². The molecular weight excluding hydrogens is 198 g/mol. The molecule has 0 amide bonds. The van der Waals surface area contributed by atoms with Crippen LogP contribution in [0.4, 0.5) is 0 Å². The van der Waals surface area contributed by atoms with Gasteiger partial charge in [0.2, 0.25) is 0 Å². The van der Waals surface area contributed by atoms with Crippen LogP contribution in [0.5, 0.6) is 0 Å². The Labute approximate surface area is 98.4 Å². The van der Waals surface area contributed by atoms with Crippen LogP contribution in [0.3, 0.4) is 0 Å². The van der Waals surface area contributed by atoms with Gasteiger partial charge in [-0.3, -0.25) is 9.58 Å². The number of aromatic nitrogens is 2. The molecule has 3 nitrogen and oxygen atoms in total. The standard InChI is InChI=1S/C13H23N3/c1-10(2)12-7-15(11(3)4)9-13-5-6-14-16(13)8-12/h5-6,10-12H,7-9H2,1-4H3. The summed E-state index contributed by atoms with van der Waals surface area (Å²) in [6.07, 6.45) is 1.93. The van der Waals surface area contributed by atoms with E-state index in [2.05, 4.69) is 48.4 Å². The molecule has 0 fully saturated rings. The van der Waals surface area contributed by atoms with E-state index in [1.165, 1.54) is 12.2 Å². The Morgan fingerprint density at radius 3 is 2.62 bits per heavy atom. The molecule has 1 aliphatic rings. The van der Waals surface area contributed by atoms with Crippen molar-refractivity contribution in [1.82, 2.24) is 14.7 Å². The van der Waals surface area contributed by atoms with Crippen molar-refractivity contribution >= 4 is 0 Å². The molecule has 0 radical (unpaired) electrons. The van der Waals surface area contributed by atoms with E-state index in [1.54, 1.807) is 0 Å². The van der Waals surface area contributed by atoms with E-state index >= 15 is 0 Å². The zero-order valence-electron chi connectivity index (χ0n) is 10.8. The molecule has 90 valence electrons. The molecule has 0 bridgehead atoms. The summed E-state index contributed by atoms with van der Waals surface area (Å²) >= 11 is 0. The fraction of sp³-hybridized carbons (Fsp3) is 0.769. The third-order valence-electron chi connectivity index (χ3n) is 3.72. The minimum absolute atomic E-state index is 0.614. The molecule has 2 rings (SSSR count). The SMILES string of the molecule is CC(C)C1CN(C(C)C)Cc2ccnn2C1. The van der Waals surface area contributed by atoms with Crippen LogP contribution in [0.1, 0.15) is 33.4 Å². The minimum atomic E-state index is 0.614. The smallest absolute Gasteiger partial charge is 0.0524 e. The Bertz CT molecular complexity index is 310. The molecule has 1 aliphatic heterocycles. The van der Waals surface area contributed by atoms with Crippen LogP contribution < -0.4 is 0 Å². The Balaban J connectivity index is 2.23. The lowest BCUT2D eigenvalue weighted by molar-refractivity contribution is 0.163. The summed E-state index contributed by atoms with van der Waals surface area (Å²) in [6, 6.07) is 2.76. The lowest BCUT2D eigenvalue weighted by atomic mass is 9.95. The van der Waals surface area contributed by atoms with Gasteiger partial charge in [0.25, 0.3) is 0 Å². The van der Waals surface area contributed by atoms with Crippen LogP contribution in [0.25, 0.3) is 0 Å². The van der Waals surface area contributed by atoms with Gasteiger partial charge < -0.3 is 0 Å². The fourth-order valence-corrected chi connectivity index (χ4v) is 2.33. The van der Waals surface area contributed by atoms with Gasteiger partial charge in [-0.15, -0.1) is 0 Å². The van der Waals surface area contributed by atoms with E-state index in [9.17, 15) is 0 Å². The highest BCUT2D eigenvalue weighted by atomic mass is 15.3. The molecule has 0 saturated carbocycles. The summed E-state index contributed by atoms with van der Waals surface area (Å²) in [5, 5.41) is 4.43. The highest BCUT2D eigenvalue weighted by molar-refractivity contribution is 5.02. The van der Waals surface area contributed by atoms with E-state index in [-0.39, 0.29) is 0 Å². The molecule has 0 spiro atoms.